The van der Waals surface area contributed by atoms with Gasteiger partial charge >= 0.3 is 0 Å². The van der Waals surface area contributed by atoms with Crippen LogP contribution in [-0.4, -0.2) is 37.6 Å². The average molecular weight is 240 g/mol. The van der Waals surface area contributed by atoms with E-state index in [0.29, 0.717) is 0 Å². The number of hydrogen-bond donors (Lipinski definition) is 1. The predicted molar refractivity (Wildman–Crippen MR) is 73.3 cm³/mol. The monoisotopic (exact) mass is 240 g/mol. The Kier molecular flexibility index (Phi) is 7.47. The normalized spacial score (nSPS) is 11.2. The van der Waals surface area contributed by atoms with Crippen LogP contribution in [0.5, 0.6) is 0 Å². The highest BCUT2D eigenvalue weighted by Gasteiger charge is 1.99. The first-order valence-corrected chi connectivity index (χ1v) is 7.20. The highest BCUT2D eigenvalue weighted by molar-refractivity contribution is 7.09. The van der Waals surface area contributed by atoms with Crippen LogP contribution in [0.2, 0.25) is 0 Å². The molecule has 0 aliphatic rings. The van der Waals surface area contributed by atoms with Crippen molar-refractivity contribution in [1.82, 2.24) is 10.2 Å². The van der Waals surface area contributed by atoms with Crippen LogP contribution in [0.25, 0.3) is 0 Å². The molecule has 0 radical (unpaired) electrons. The molecule has 3 heteroatoms. The Labute approximate surface area is 104 Å². The Bertz CT molecular complexity index is 246. The van der Waals surface area contributed by atoms with Gasteiger partial charge in [0.1, 0.15) is 0 Å². The zero-order valence-electron chi connectivity index (χ0n) is 10.5. The lowest BCUT2D eigenvalue weighted by Gasteiger charge is -2.19. The van der Waals surface area contributed by atoms with Crippen molar-refractivity contribution >= 4 is 11.3 Å². The van der Waals surface area contributed by atoms with Crippen molar-refractivity contribution in [3.8, 4) is 0 Å². The molecule has 0 spiro atoms. The van der Waals surface area contributed by atoms with Gasteiger partial charge in [-0.05, 0) is 37.4 Å². The first kappa shape index (κ1) is 13.7. The van der Waals surface area contributed by atoms with E-state index in [1.165, 1.54) is 30.9 Å². The van der Waals surface area contributed by atoms with Crippen molar-refractivity contribution in [2.75, 3.05) is 32.7 Å². The summed E-state index contributed by atoms with van der Waals surface area (Å²) in [7, 11) is 0. The number of likely N-dealkylation sites (N-methyl/N-ethyl adjacent to an activating group) is 1. The Morgan fingerprint density at radius 1 is 1.25 bits per heavy atom. The smallest absolute Gasteiger partial charge is 0.0107 e. The van der Waals surface area contributed by atoms with Crippen molar-refractivity contribution in [3.05, 3.63) is 22.4 Å². The Balaban J connectivity index is 1.98. The van der Waals surface area contributed by atoms with E-state index >= 15 is 0 Å². The fourth-order valence-electron chi connectivity index (χ4n) is 1.77. The number of nitrogens with zero attached hydrogens (tertiary/aromatic N) is 1. The molecule has 0 aliphatic carbocycles. The van der Waals surface area contributed by atoms with Crippen LogP contribution >= 0.6 is 11.3 Å². The topological polar surface area (TPSA) is 15.3 Å². The molecule has 0 fully saturated rings. The van der Waals surface area contributed by atoms with Gasteiger partial charge in [0.25, 0.3) is 0 Å². The number of thiophene rings is 1. The highest BCUT2D eigenvalue weighted by atomic mass is 32.1. The van der Waals surface area contributed by atoms with Crippen molar-refractivity contribution in [1.29, 1.82) is 0 Å². The van der Waals surface area contributed by atoms with Gasteiger partial charge in [-0.2, -0.15) is 0 Å². The van der Waals surface area contributed by atoms with Gasteiger partial charge in [-0.1, -0.05) is 19.9 Å². The number of nitrogens with one attached hydrogen (secondary N) is 1. The van der Waals surface area contributed by atoms with Gasteiger partial charge in [0, 0.05) is 24.5 Å². The maximum atomic E-state index is 3.51. The largest absolute Gasteiger partial charge is 0.315 e. The lowest BCUT2D eigenvalue weighted by Crippen LogP contribution is -2.33. The third-order valence-electron chi connectivity index (χ3n) is 2.72. The molecule has 0 saturated heterocycles. The summed E-state index contributed by atoms with van der Waals surface area (Å²) in [5.41, 5.74) is 0. The number of rotatable bonds is 9. The van der Waals surface area contributed by atoms with Crippen LogP contribution in [0.3, 0.4) is 0 Å². The molecule has 1 heterocycles. The minimum absolute atomic E-state index is 1.10. The predicted octanol–water partition coefficient (Wildman–Crippen LogP) is 2.61. The quantitative estimate of drug-likeness (QED) is 0.668. The van der Waals surface area contributed by atoms with Crippen LogP contribution in [0.15, 0.2) is 17.5 Å². The van der Waals surface area contributed by atoms with Crippen molar-refractivity contribution in [2.45, 2.75) is 26.7 Å². The van der Waals surface area contributed by atoms with Crippen LogP contribution in [0.4, 0.5) is 0 Å². The molecule has 1 rings (SSSR count). The molecular formula is C13H24N2S. The molecule has 0 unspecified atom stereocenters. The molecule has 0 atom stereocenters. The standard InChI is InChI=1S/C13H24N2S/c1-3-10-15(4-2)11-9-14-8-7-13-6-5-12-16-13/h5-6,12,14H,3-4,7-11H2,1-2H3. The summed E-state index contributed by atoms with van der Waals surface area (Å²) >= 11 is 1.85. The Hall–Kier alpha value is -0.380. The highest BCUT2D eigenvalue weighted by Crippen LogP contribution is 2.07. The van der Waals surface area contributed by atoms with E-state index in [0.717, 1.165) is 19.5 Å². The summed E-state index contributed by atoms with van der Waals surface area (Å²) in [6.45, 7) is 10.3. The van der Waals surface area contributed by atoms with Crippen molar-refractivity contribution in [3.63, 3.8) is 0 Å². The van der Waals surface area contributed by atoms with E-state index < -0.39 is 0 Å². The molecule has 0 bridgehead atoms. The van der Waals surface area contributed by atoms with Gasteiger partial charge in [-0.25, -0.2) is 0 Å². The Morgan fingerprint density at radius 2 is 2.12 bits per heavy atom. The number of hydrogen-bond acceptors (Lipinski definition) is 3. The van der Waals surface area contributed by atoms with Gasteiger partial charge < -0.3 is 10.2 Å². The molecule has 1 aromatic heterocycles. The Morgan fingerprint density at radius 3 is 2.75 bits per heavy atom. The fourth-order valence-corrected chi connectivity index (χ4v) is 2.48. The SMILES string of the molecule is CCCN(CC)CCNCCc1cccs1. The van der Waals surface area contributed by atoms with Gasteiger partial charge in [-0.15, -0.1) is 11.3 Å². The zero-order valence-corrected chi connectivity index (χ0v) is 11.4. The third-order valence-corrected chi connectivity index (χ3v) is 3.66. The molecule has 1 aromatic rings. The third kappa shape index (κ3) is 5.64. The van der Waals surface area contributed by atoms with E-state index in [1.807, 2.05) is 11.3 Å². The molecule has 0 saturated carbocycles. The maximum absolute atomic E-state index is 3.51. The van der Waals surface area contributed by atoms with E-state index in [4.69, 9.17) is 0 Å². The van der Waals surface area contributed by atoms with Crippen LogP contribution < -0.4 is 5.32 Å². The van der Waals surface area contributed by atoms with Gasteiger partial charge in [-0.3, -0.25) is 0 Å². The first-order valence-electron chi connectivity index (χ1n) is 6.32. The molecular weight excluding hydrogens is 216 g/mol. The minimum Gasteiger partial charge on any atom is -0.315 e. The van der Waals surface area contributed by atoms with E-state index in [2.05, 4.69) is 41.6 Å². The lowest BCUT2D eigenvalue weighted by atomic mass is 10.3. The fraction of sp³-hybridized carbons (Fsp3) is 0.692. The van der Waals surface area contributed by atoms with Crippen LogP contribution in [-0.2, 0) is 6.42 Å². The second-order valence-electron chi connectivity index (χ2n) is 4.01. The summed E-state index contributed by atoms with van der Waals surface area (Å²) < 4.78 is 0. The molecule has 1 N–H and O–H groups in total. The van der Waals surface area contributed by atoms with Crippen molar-refractivity contribution in [2.24, 2.45) is 0 Å². The van der Waals surface area contributed by atoms with E-state index in [1.54, 1.807) is 0 Å². The molecule has 0 amide bonds. The van der Waals surface area contributed by atoms with E-state index in [-0.39, 0.29) is 0 Å². The zero-order chi connectivity index (χ0) is 11.6. The maximum Gasteiger partial charge on any atom is 0.0107 e. The molecule has 0 aliphatic heterocycles. The van der Waals surface area contributed by atoms with Gasteiger partial charge in [0.15, 0.2) is 0 Å². The summed E-state index contributed by atoms with van der Waals surface area (Å²) in [5, 5.41) is 5.66. The summed E-state index contributed by atoms with van der Waals surface area (Å²) in [6, 6.07) is 4.34. The van der Waals surface area contributed by atoms with Crippen molar-refractivity contribution < 1.29 is 0 Å². The second-order valence-corrected chi connectivity index (χ2v) is 5.05. The molecule has 2 nitrogen and oxygen atoms in total. The molecule has 92 valence electrons. The summed E-state index contributed by atoms with van der Waals surface area (Å²) in [6.07, 6.45) is 2.42. The van der Waals surface area contributed by atoms with Gasteiger partial charge in [0.2, 0.25) is 0 Å². The van der Waals surface area contributed by atoms with Crippen LogP contribution in [0.1, 0.15) is 25.1 Å². The molecule has 0 aromatic carbocycles. The van der Waals surface area contributed by atoms with E-state index in [9.17, 15) is 0 Å². The van der Waals surface area contributed by atoms with Gasteiger partial charge in [0.05, 0.1) is 0 Å². The summed E-state index contributed by atoms with van der Waals surface area (Å²) in [5.74, 6) is 0. The first-order chi connectivity index (χ1) is 7.86. The lowest BCUT2D eigenvalue weighted by molar-refractivity contribution is 0.288. The second kappa shape index (κ2) is 8.74. The minimum atomic E-state index is 1.10. The average Bonchev–Trinajstić information content (AvgIpc) is 2.80. The van der Waals surface area contributed by atoms with Crippen LogP contribution in [0, 0.1) is 0 Å². The summed E-state index contributed by atoms with van der Waals surface area (Å²) in [4.78, 5) is 3.98. The molecule has 16 heavy (non-hydrogen) atoms.